The van der Waals surface area contributed by atoms with Crippen molar-refractivity contribution in [3.05, 3.63) is 249 Å². The van der Waals surface area contributed by atoms with E-state index in [0.29, 0.717) is 0 Å². The quantitative estimate of drug-likeness (QED) is 0.104. The van der Waals surface area contributed by atoms with Crippen LogP contribution in [0.25, 0.3) is 53.2 Å². The maximum Gasteiger partial charge on any atom is 0.179 e. The van der Waals surface area contributed by atoms with E-state index < -0.39 is 8.07 Å². The normalized spacial score (nSPS) is 11.6. The van der Waals surface area contributed by atoms with Crippen LogP contribution in [0.3, 0.4) is 0 Å². The van der Waals surface area contributed by atoms with Crippen molar-refractivity contribution in [3.63, 3.8) is 0 Å². The summed E-state index contributed by atoms with van der Waals surface area (Å²) in [7, 11) is -2.79. The molecule has 0 amide bonds. The standard InChI is InChI=1S/C58H41NSSi/c1-5-17-42(18-6-1)45-33-37-57-55(39-45)56-41-48(36-38-58(56)60-57)59(46-34-31-44(32-35-46)54-30-15-20-43-19-13-14-29-53(43)54)47-21-16-28-52(40-47)61(49-22-7-2-8-23-49,50-24-9-3-10-25-50)51-26-11-4-12-27-51/h1-41H. The van der Waals surface area contributed by atoms with Crippen molar-refractivity contribution >= 4 is 88.2 Å². The number of thiophene rings is 1. The maximum atomic E-state index is 2.47. The fourth-order valence-corrected chi connectivity index (χ4v) is 15.2. The number of fused-ring (bicyclic) bond motifs is 4. The van der Waals surface area contributed by atoms with Crippen molar-refractivity contribution in [2.24, 2.45) is 0 Å². The molecule has 11 rings (SSSR count). The van der Waals surface area contributed by atoms with Gasteiger partial charge in [-0.05, 0) is 108 Å². The van der Waals surface area contributed by atoms with Gasteiger partial charge in [-0.1, -0.05) is 194 Å². The van der Waals surface area contributed by atoms with E-state index in [1.807, 2.05) is 11.3 Å². The number of benzene rings is 10. The van der Waals surface area contributed by atoms with Gasteiger partial charge in [0.2, 0.25) is 0 Å². The summed E-state index contributed by atoms with van der Waals surface area (Å²) in [6, 6.07) is 92.0. The minimum Gasteiger partial charge on any atom is -0.310 e. The minimum absolute atomic E-state index is 1.11. The van der Waals surface area contributed by atoms with Crippen LogP contribution in [-0.2, 0) is 0 Å². The average molecular weight is 812 g/mol. The summed E-state index contributed by atoms with van der Waals surface area (Å²) >= 11 is 1.86. The van der Waals surface area contributed by atoms with Crippen LogP contribution in [0.5, 0.6) is 0 Å². The number of anilines is 3. The van der Waals surface area contributed by atoms with E-state index in [9.17, 15) is 0 Å². The predicted octanol–water partition coefficient (Wildman–Crippen LogP) is 13.4. The molecule has 1 aromatic heterocycles. The molecule has 1 heterocycles. The monoisotopic (exact) mass is 811 g/mol. The summed E-state index contributed by atoms with van der Waals surface area (Å²) < 4.78 is 2.58. The third-order valence-electron chi connectivity index (χ3n) is 12.2. The highest BCUT2D eigenvalue weighted by molar-refractivity contribution is 7.25. The lowest BCUT2D eigenvalue weighted by atomic mass is 9.98. The molecule has 0 aliphatic rings. The predicted molar refractivity (Wildman–Crippen MR) is 266 cm³/mol. The van der Waals surface area contributed by atoms with Crippen LogP contribution in [0.4, 0.5) is 17.1 Å². The molecule has 0 radical (unpaired) electrons. The summed E-state index contributed by atoms with van der Waals surface area (Å²) in [5.41, 5.74) is 8.26. The Balaban J connectivity index is 1.13. The molecule has 0 aliphatic heterocycles. The zero-order chi connectivity index (χ0) is 40.6. The number of hydrogen-bond donors (Lipinski definition) is 0. The maximum absolute atomic E-state index is 2.79. The van der Waals surface area contributed by atoms with Crippen molar-refractivity contribution < 1.29 is 0 Å². The molecule has 10 aromatic carbocycles. The molecule has 0 unspecified atom stereocenters. The lowest BCUT2D eigenvalue weighted by Crippen LogP contribution is -2.74. The van der Waals surface area contributed by atoms with E-state index in [1.54, 1.807) is 0 Å². The second-order valence-corrected chi connectivity index (χ2v) is 20.6. The Morgan fingerprint density at radius 2 is 0.787 bits per heavy atom. The first-order valence-electron chi connectivity index (χ1n) is 20.9. The van der Waals surface area contributed by atoms with Crippen molar-refractivity contribution in [1.29, 1.82) is 0 Å². The Morgan fingerprint density at radius 1 is 0.295 bits per heavy atom. The fourth-order valence-electron chi connectivity index (χ4n) is 9.37. The van der Waals surface area contributed by atoms with E-state index in [1.165, 1.54) is 73.9 Å². The van der Waals surface area contributed by atoms with Gasteiger partial charge < -0.3 is 4.90 Å². The van der Waals surface area contributed by atoms with E-state index in [0.717, 1.165) is 17.1 Å². The first kappa shape index (κ1) is 36.8. The molecule has 3 heteroatoms. The van der Waals surface area contributed by atoms with Crippen molar-refractivity contribution in [2.45, 2.75) is 0 Å². The summed E-state index contributed by atoms with van der Waals surface area (Å²) in [5.74, 6) is 0. The third-order valence-corrected chi connectivity index (χ3v) is 18.1. The zero-order valence-electron chi connectivity index (χ0n) is 33.5. The largest absolute Gasteiger partial charge is 0.310 e. The average Bonchev–Trinajstić information content (AvgIpc) is 3.71. The van der Waals surface area contributed by atoms with Crippen molar-refractivity contribution in [3.8, 4) is 22.3 Å². The molecule has 1 nitrogen and oxygen atoms in total. The van der Waals surface area contributed by atoms with Gasteiger partial charge in [-0.15, -0.1) is 11.3 Å². The van der Waals surface area contributed by atoms with Crippen molar-refractivity contribution in [2.75, 3.05) is 4.90 Å². The number of rotatable bonds is 9. The molecule has 288 valence electrons. The van der Waals surface area contributed by atoms with Crippen LogP contribution in [0.1, 0.15) is 0 Å². The molecule has 0 N–H and O–H groups in total. The topological polar surface area (TPSA) is 3.24 Å². The molecule has 0 spiro atoms. The Kier molecular flexibility index (Phi) is 9.46. The van der Waals surface area contributed by atoms with Gasteiger partial charge in [-0.3, -0.25) is 0 Å². The van der Waals surface area contributed by atoms with Gasteiger partial charge in [0.1, 0.15) is 0 Å². The highest BCUT2D eigenvalue weighted by Crippen LogP contribution is 2.42. The Labute approximate surface area is 362 Å². The SMILES string of the molecule is c1ccc(-c2ccc3sc4ccc(N(c5ccc(-c6cccc7ccccc67)cc5)c5cccc([Si](c6ccccc6)(c6ccccc6)c6ccccc6)c5)cc4c3c2)cc1. The summed E-state index contributed by atoms with van der Waals surface area (Å²) in [4.78, 5) is 2.46. The van der Waals surface area contributed by atoms with Crippen molar-refractivity contribution in [1.82, 2.24) is 0 Å². The van der Waals surface area contributed by atoms with Gasteiger partial charge in [-0.25, -0.2) is 0 Å². The van der Waals surface area contributed by atoms with Crippen LogP contribution in [0.15, 0.2) is 249 Å². The summed E-state index contributed by atoms with van der Waals surface area (Å²) in [6.45, 7) is 0. The first-order valence-corrected chi connectivity index (χ1v) is 23.7. The lowest BCUT2D eigenvalue weighted by molar-refractivity contribution is 1.29. The molecular formula is C58H41NSSi. The summed E-state index contributed by atoms with van der Waals surface area (Å²) in [5, 5.41) is 10.5. The first-order chi connectivity index (χ1) is 30.2. The van der Waals surface area contributed by atoms with Gasteiger partial charge in [-0.2, -0.15) is 0 Å². The van der Waals surface area contributed by atoms with E-state index in [-0.39, 0.29) is 0 Å². The fraction of sp³-hybridized carbons (Fsp3) is 0. The minimum atomic E-state index is -2.79. The van der Waals surface area contributed by atoms with E-state index in [2.05, 4.69) is 254 Å². The van der Waals surface area contributed by atoms with E-state index in [4.69, 9.17) is 0 Å². The molecule has 0 atom stereocenters. The highest BCUT2D eigenvalue weighted by atomic mass is 32.1. The second kappa shape index (κ2) is 15.7. The van der Waals surface area contributed by atoms with E-state index >= 15 is 0 Å². The molecule has 61 heavy (non-hydrogen) atoms. The van der Waals surface area contributed by atoms with Gasteiger partial charge in [0, 0.05) is 37.2 Å². The number of nitrogens with zero attached hydrogens (tertiary/aromatic N) is 1. The van der Waals surface area contributed by atoms with Crippen LogP contribution in [-0.4, -0.2) is 8.07 Å². The zero-order valence-corrected chi connectivity index (χ0v) is 35.3. The molecule has 0 bridgehead atoms. The van der Waals surface area contributed by atoms with Gasteiger partial charge in [0.15, 0.2) is 8.07 Å². The molecule has 0 saturated carbocycles. The second-order valence-electron chi connectivity index (χ2n) is 15.7. The summed E-state index contributed by atoms with van der Waals surface area (Å²) in [6.07, 6.45) is 0. The smallest absolute Gasteiger partial charge is 0.179 e. The van der Waals surface area contributed by atoms with Gasteiger partial charge in [0.25, 0.3) is 0 Å². The van der Waals surface area contributed by atoms with Gasteiger partial charge >= 0.3 is 0 Å². The molecule has 0 aliphatic carbocycles. The highest BCUT2D eigenvalue weighted by Gasteiger charge is 2.41. The molecule has 0 saturated heterocycles. The Bertz CT molecular complexity index is 3190. The number of hydrogen-bond acceptors (Lipinski definition) is 2. The molecular weight excluding hydrogens is 771 g/mol. The van der Waals surface area contributed by atoms with Crippen LogP contribution in [0, 0.1) is 0 Å². The molecule has 11 aromatic rings. The van der Waals surface area contributed by atoms with Crippen LogP contribution in [0.2, 0.25) is 0 Å². The Hall–Kier alpha value is -7.30. The van der Waals surface area contributed by atoms with Gasteiger partial charge in [0.05, 0.1) is 0 Å². The third kappa shape index (κ3) is 6.56. The van der Waals surface area contributed by atoms with Crippen LogP contribution < -0.4 is 25.6 Å². The lowest BCUT2D eigenvalue weighted by Gasteiger charge is -2.35. The van der Waals surface area contributed by atoms with Crippen LogP contribution >= 0.6 is 11.3 Å². The Morgan fingerprint density at radius 3 is 1.46 bits per heavy atom. The molecule has 0 fully saturated rings.